The molecule has 0 aliphatic rings. The molecule has 1 unspecified atom stereocenters. The van der Waals surface area contributed by atoms with Crippen molar-refractivity contribution in [2.24, 2.45) is 11.7 Å². The highest BCUT2D eigenvalue weighted by Crippen LogP contribution is 2.21. The highest BCUT2D eigenvalue weighted by atomic mass is 16.5. The molecule has 0 saturated heterocycles. The van der Waals surface area contributed by atoms with E-state index in [9.17, 15) is 0 Å². The smallest absolute Gasteiger partial charge is 0.238 e. The Labute approximate surface area is 100.0 Å². The summed E-state index contributed by atoms with van der Waals surface area (Å²) in [5, 5.41) is 3.91. The van der Waals surface area contributed by atoms with Gasteiger partial charge in [0.15, 0.2) is 5.76 Å². The molecule has 0 aromatic carbocycles. The fourth-order valence-corrected chi connectivity index (χ4v) is 1.54. The van der Waals surface area contributed by atoms with E-state index in [-0.39, 0.29) is 0 Å². The zero-order valence-corrected chi connectivity index (χ0v) is 10.1. The molecule has 5 heteroatoms. The van der Waals surface area contributed by atoms with Gasteiger partial charge in [-0.3, -0.25) is 0 Å². The van der Waals surface area contributed by atoms with E-state index in [2.05, 4.69) is 17.1 Å². The van der Waals surface area contributed by atoms with Gasteiger partial charge in [-0.2, -0.15) is 4.98 Å². The predicted octanol–water partition coefficient (Wildman–Crippen LogP) is 2.17. The van der Waals surface area contributed by atoms with Crippen LogP contribution >= 0.6 is 0 Å². The summed E-state index contributed by atoms with van der Waals surface area (Å²) in [6.07, 6.45) is 3.33. The zero-order valence-electron chi connectivity index (χ0n) is 10.1. The molecule has 2 N–H and O–H groups in total. The zero-order chi connectivity index (χ0) is 12.3. The number of furan rings is 1. The number of rotatable bonds is 5. The van der Waals surface area contributed by atoms with E-state index in [4.69, 9.17) is 14.7 Å². The quantitative estimate of drug-likeness (QED) is 0.859. The molecule has 0 aliphatic carbocycles. The summed E-state index contributed by atoms with van der Waals surface area (Å²) < 4.78 is 10.5. The molecule has 2 heterocycles. The lowest BCUT2D eigenvalue weighted by atomic mass is 10.1. The summed E-state index contributed by atoms with van der Waals surface area (Å²) in [7, 11) is 0. The second-order valence-corrected chi connectivity index (χ2v) is 4.32. The minimum atomic E-state index is 0.468. The van der Waals surface area contributed by atoms with Crippen LogP contribution in [0.15, 0.2) is 21.3 Å². The molecule has 0 spiro atoms. The lowest BCUT2D eigenvalue weighted by molar-refractivity contribution is 0.365. The van der Waals surface area contributed by atoms with Crippen LogP contribution < -0.4 is 5.73 Å². The van der Waals surface area contributed by atoms with Crippen LogP contribution in [-0.4, -0.2) is 16.7 Å². The van der Waals surface area contributed by atoms with Gasteiger partial charge in [0.1, 0.15) is 0 Å². The predicted molar refractivity (Wildman–Crippen MR) is 63.3 cm³/mol. The van der Waals surface area contributed by atoms with Crippen LogP contribution in [-0.2, 0) is 6.42 Å². The van der Waals surface area contributed by atoms with Gasteiger partial charge in [-0.1, -0.05) is 12.1 Å². The first-order valence-corrected chi connectivity index (χ1v) is 5.78. The van der Waals surface area contributed by atoms with Crippen LogP contribution in [0.2, 0.25) is 0 Å². The third-order valence-corrected chi connectivity index (χ3v) is 2.79. The topological polar surface area (TPSA) is 78.1 Å². The van der Waals surface area contributed by atoms with Crippen LogP contribution in [0.5, 0.6) is 0 Å². The first kappa shape index (κ1) is 11.9. The van der Waals surface area contributed by atoms with Gasteiger partial charge in [-0.05, 0) is 37.4 Å². The van der Waals surface area contributed by atoms with Gasteiger partial charge in [-0.15, -0.1) is 0 Å². The minimum absolute atomic E-state index is 0.468. The second kappa shape index (κ2) is 5.14. The molecule has 92 valence electrons. The number of nitrogens with zero attached hydrogens (tertiary/aromatic N) is 2. The number of hydrogen-bond acceptors (Lipinski definition) is 5. The van der Waals surface area contributed by atoms with E-state index in [1.807, 2.05) is 13.0 Å². The number of nitrogens with two attached hydrogens (primary N) is 1. The van der Waals surface area contributed by atoms with Crippen LogP contribution in [0.1, 0.15) is 24.8 Å². The van der Waals surface area contributed by atoms with Crippen LogP contribution in [0.25, 0.3) is 11.6 Å². The molecule has 5 nitrogen and oxygen atoms in total. The molecule has 2 aromatic heterocycles. The first-order chi connectivity index (χ1) is 8.20. The maximum Gasteiger partial charge on any atom is 0.238 e. The van der Waals surface area contributed by atoms with Crippen molar-refractivity contribution in [2.75, 3.05) is 6.54 Å². The maximum absolute atomic E-state index is 5.56. The molecule has 17 heavy (non-hydrogen) atoms. The van der Waals surface area contributed by atoms with Gasteiger partial charge in [0.05, 0.1) is 6.26 Å². The van der Waals surface area contributed by atoms with E-state index in [1.54, 1.807) is 6.26 Å². The molecule has 1 atom stereocenters. The Hall–Kier alpha value is -1.62. The van der Waals surface area contributed by atoms with Crippen molar-refractivity contribution in [3.05, 3.63) is 23.8 Å². The van der Waals surface area contributed by atoms with Crippen molar-refractivity contribution >= 4 is 0 Å². The van der Waals surface area contributed by atoms with Gasteiger partial charge in [0.25, 0.3) is 0 Å². The molecule has 0 radical (unpaired) electrons. The van der Waals surface area contributed by atoms with E-state index >= 15 is 0 Å². The molecule has 0 aliphatic heterocycles. The first-order valence-electron chi connectivity index (χ1n) is 5.78. The summed E-state index contributed by atoms with van der Waals surface area (Å²) in [5.41, 5.74) is 6.56. The lowest BCUT2D eigenvalue weighted by Gasteiger charge is -2.03. The Kier molecular flexibility index (Phi) is 3.58. The Bertz CT molecular complexity index is 476. The molecular weight excluding hydrogens is 218 g/mol. The monoisotopic (exact) mass is 235 g/mol. The Balaban J connectivity index is 2.04. The van der Waals surface area contributed by atoms with Crippen molar-refractivity contribution in [3.8, 4) is 11.6 Å². The van der Waals surface area contributed by atoms with Crippen LogP contribution in [0.4, 0.5) is 0 Å². The fourth-order valence-electron chi connectivity index (χ4n) is 1.54. The van der Waals surface area contributed by atoms with E-state index < -0.39 is 0 Å². The highest BCUT2D eigenvalue weighted by molar-refractivity contribution is 5.50. The maximum atomic E-state index is 5.56. The molecular formula is C12H17N3O2. The summed E-state index contributed by atoms with van der Waals surface area (Å²) >= 11 is 0. The molecule has 0 saturated carbocycles. The molecule has 0 bridgehead atoms. The van der Waals surface area contributed by atoms with Crippen molar-refractivity contribution in [1.82, 2.24) is 10.1 Å². The largest absolute Gasteiger partial charge is 0.461 e. The minimum Gasteiger partial charge on any atom is -0.461 e. The van der Waals surface area contributed by atoms with Gasteiger partial charge in [-0.25, -0.2) is 0 Å². The summed E-state index contributed by atoms with van der Waals surface area (Å²) in [5.74, 6) is 2.29. The molecule has 2 rings (SSSR count). The van der Waals surface area contributed by atoms with E-state index in [0.29, 0.717) is 29.9 Å². The van der Waals surface area contributed by atoms with Crippen molar-refractivity contribution in [3.63, 3.8) is 0 Å². The van der Waals surface area contributed by atoms with Gasteiger partial charge in [0.2, 0.25) is 11.7 Å². The van der Waals surface area contributed by atoms with E-state index in [1.165, 1.54) is 0 Å². The van der Waals surface area contributed by atoms with E-state index in [0.717, 1.165) is 18.4 Å². The summed E-state index contributed by atoms with van der Waals surface area (Å²) in [6, 6.07) is 1.88. The molecule has 2 aromatic rings. The van der Waals surface area contributed by atoms with Gasteiger partial charge >= 0.3 is 0 Å². The average molecular weight is 235 g/mol. The van der Waals surface area contributed by atoms with Gasteiger partial charge in [0, 0.05) is 6.42 Å². The summed E-state index contributed by atoms with van der Waals surface area (Å²) in [6.45, 7) is 4.73. The highest BCUT2D eigenvalue weighted by Gasteiger charge is 2.14. The average Bonchev–Trinajstić information content (AvgIpc) is 2.94. The SMILES string of the molecule is Cc1ccoc1-c1noc(CCC(C)CN)n1. The Morgan fingerprint density at radius 1 is 1.47 bits per heavy atom. The summed E-state index contributed by atoms with van der Waals surface area (Å²) in [4.78, 5) is 4.31. The van der Waals surface area contributed by atoms with Crippen molar-refractivity contribution in [1.29, 1.82) is 0 Å². The van der Waals surface area contributed by atoms with Gasteiger partial charge < -0.3 is 14.7 Å². The second-order valence-electron chi connectivity index (χ2n) is 4.32. The Morgan fingerprint density at radius 3 is 2.94 bits per heavy atom. The van der Waals surface area contributed by atoms with Crippen molar-refractivity contribution in [2.45, 2.75) is 26.7 Å². The third kappa shape index (κ3) is 2.74. The number of aryl methyl sites for hydroxylation is 2. The molecule has 0 fully saturated rings. The van der Waals surface area contributed by atoms with Crippen molar-refractivity contribution < 1.29 is 8.94 Å². The third-order valence-electron chi connectivity index (χ3n) is 2.79. The standard InChI is InChI=1S/C12H17N3O2/c1-8(7-13)3-4-10-14-12(15-17-10)11-9(2)5-6-16-11/h5-6,8H,3-4,7,13H2,1-2H3. The Morgan fingerprint density at radius 2 is 2.29 bits per heavy atom. The van der Waals surface area contributed by atoms with Crippen LogP contribution in [0, 0.1) is 12.8 Å². The fraction of sp³-hybridized carbons (Fsp3) is 0.500. The normalized spacial score (nSPS) is 12.9. The number of aromatic nitrogens is 2. The number of hydrogen-bond donors (Lipinski definition) is 1. The molecule has 0 amide bonds. The lowest BCUT2D eigenvalue weighted by Crippen LogP contribution is -2.11. The van der Waals surface area contributed by atoms with Crippen LogP contribution in [0.3, 0.4) is 0 Å².